The summed E-state index contributed by atoms with van der Waals surface area (Å²) < 4.78 is 67.6. The number of carbonyl (C=O) groups is 2. The molecule has 0 unspecified atom stereocenters. The molecule has 1 N–H and O–H groups in total. The second-order valence-electron chi connectivity index (χ2n) is 5.97. The number of hydrogen-bond acceptors (Lipinski definition) is 2. The highest BCUT2D eigenvalue weighted by Crippen LogP contribution is 2.35. The van der Waals surface area contributed by atoms with Crippen molar-refractivity contribution in [3.8, 4) is 0 Å². The Morgan fingerprint density at radius 2 is 1.48 bits per heavy atom. The fraction of sp³-hybridized carbons (Fsp3) is 0.176. The summed E-state index contributed by atoms with van der Waals surface area (Å²) in [7, 11) is 0. The zero-order chi connectivity index (χ0) is 20.1. The molecule has 10 heteroatoms. The van der Waals surface area contributed by atoms with Gasteiger partial charge in [0.25, 0.3) is 5.91 Å². The van der Waals surface area contributed by atoms with E-state index in [9.17, 15) is 31.5 Å². The standard InChI is InChI=1S/C17H10ClF5N2O2/c1-17(8-4-2-3-5-9(8)18)15(26)25(16(27)24-17)6-7-10(19)12(21)14(23)13(22)11(7)20/h2-5H,6H2,1H3,(H,24,27)/t17-/m0/s1. The lowest BCUT2D eigenvalue weighted by atomic mass is 9.92. The van der Waals surface area contributed by atoms with Crippen molar-refractivity contribution < 1.29 is 31.5 Å². The maximum absolute atomic E-state index is 13.9. The Kier molecular flexibility index (Phi) is 4.59. The molecule has 0 bridgehead atoms. The smallest absolute Gasteiger partial charge is 0.319 e. The van der Waals surface area contributed by atoms with Crippen molar-refractivity contribution in [1.29, 1.82) is 0 Å². The van der Waals surface area contributed by atoms with E-state index in [-0.39, 0.29) is 10.6 Å². The molecule has 3 rings (SSSR count). The molecule has 0 radical (unpaired) electrons. The normalized spacial score (nSPS) is 19.6. The van der Waals surface area contributed by atoms with E-state index in [0.717, 1.165) is 0 Å². The highest BCUT2D eigenvalue weighted by molar-refractivity contribution is 6.32. The molecular formula is C17H10ClF5N2O2. The zero-order valence-electron chi connectivity index (χ0n) is 13.5. The average molecular weight is 405 g/mol. The van der Waals surface area contributed by atoms with Gasteiger partial charge in [-0.1, -0.05) is 29.8 Å². The van der Waals surface area contributed by atoms with Crippen LogP contribution in [-0.2, 0) is 16.9 Å². The van der Waals surface area contributed by atoms with Gasteiger partial charge in [0, 0.05) is 16.1 Å². The fourth-order valence-corrected chi connectivity index (χ4v) is 3.16. The van der Waals surface area contributed by atoms with Gasteiger partial charge in [-0.05, 0) is 13.0 Å². The van der Waals surface area contributed by atoms with Gasteiger partial charge in [0.15, 0.2) is 23.3 Å². The van der Waals surface area contributed by atoms with Gasteiger partial charge < -0.3 is 5.32 Å². The molecule has 1 heterocycles. The van der Waals surface area contributed by atoms with E-state index >= 15 is 0 Å². The summed E-state index contributed by atoms with van der Waals surface area (Å²) in [4.78, 5) is 25.3. The van der Waals surface area contributed by atoms with Crippen LogP contribution in [-0.4, -0.2) is 16.8 Å². The number of carbonyl (C=O) groups excluding carboxylic acids is 2. The molecule has 4 nitrogen and oxygen atoms in total. The Balaban J connectivity index is 2.03. The highest BCUT2D eigenvalue weighted by atomic mass is 35.5. The predicted octanol–water partition coefficient (Wildman–Crippen LogP) is 4.00. The van der Waals surface area contributed by atoms with Gasteiger partial charge in [-0.2, -0.15) is 0 Å². The van der Waals surface area contributed by atoms with Crippen LogP contribution >= 0.6 is 11.6 Å². The molecule has 142 valence electrons. The van der Waals surface area contributed by atoms with E-state index < -0.39 is 58.7 Å². The molecule has 0 saturated carbocycles. The molecule has 0 aromatic heterocycles. The predicted molar refractivity (Wildman–Crippen MR) is 84.1 cm³/mol. The number of halogens is 6. The van der Waals surface area contributed by atoms with Gasteiger partial charge in [-0.15, -0.1) is 0 Å². The summed E-state index contributed by atoms with van der Waals surface area (Å²) in [6.45, 7) is 0.170. The van der Waals surface area contributed by atoms with Crippen molar-refractivity contribution in [3.63, 3.8) is 0 Å². The quantitative estimate of drug-likeness (QED) is 0.364. The number of rotatable bonds is 3. The lowest BCUT2D eigenvalue weighted by Crippen LogP contribution is -2.41. The lowest BCUT2D eigenvalue weighted by Gasteiger charge is -2.23. The number of amides is 3. The van der Waals surface area contributed by atoms with Gasteiger partial charge in [-0.25, -0.2) is 26.7 Å². The molecule has 1 saturated heterocycles. The molecule has 1 aliphatic heterocycles. The molecule has 0 spiro atoms. The topological polar surface area (TPSA) is 49.4 Å². The van der Waals surface area contributed by atoms with Gasteiger partial charge in [0.2, 0.25) is 5.82 Å². The average Bonchev–Trinajstić information content (AvgIpc) is 2.85. The third-order valence-electron chi connectivity index (χ3n) is 4.30. The van der Waals surface area contributed by atoms with Gasteiger partial charge in [0.1, 0.15) is 5.54 Å². The van der Waals surface area contributed by atoms with Crippen LogP contribution in [0.1, 0.15) is 18.1 Å². The second-order valence-corrected chi connectivity index (χ2v) is 6.38. The minimum atomic E-state index is -2.33. The van der Waals surface area contributed by atoms with E-state index in [1.54, 1.807) is 12.1 Å². The Hall–Kier alpha value is -2.68. The van der Waals surface area contributed by atoms with Crippen LogP contribution in [0.25, 0.3) is 0 Å². The monoisotopic (exact) mass is 404 g/mol. The SMILES string of the molecule is C[C@@]1(c2ccccc2Cl)NC(=O)N(Cc2c(F)c(F)c(F)c(F)c2F)C1=O. The van der Waals surface area contributed by atoms with Gasteiger partial charge in [-0.3, -0.25) is 9.69 Å². The molecule has 0 aliphatic carbocycles. The lowest BCUT2D eigenvalue weighted by molar-refractivity contribution is -0.131. The Labute approximate surface area is 154 Å². The first kappa shape index (κ1) is 19.1. The number of benzene rings is 2. The zero-order valence-corrected chi connectivity index (χ0v) is 14.3. The van der Waals surface area contributed by atoms with Crippen LogP contribution in [0.15, 0.2) is 24.3 Å². The first-order valence-corrected chi connectivity index (χ1v) is 7.86. The first-order valence-electron chi connectivity index (χ1n) is 7.49. The molecule has 27 heavy (non-hydrogen) atoms. The van der Waals surface area contributed by atoms with Crippen molar-refractivity contribution in [2.45, 2.75) is 19.0 Å². The molecule has 1 atom stereocenters. The third-order valence-corrected chi connectivity index (χ3v) is 4.63. The van der Waals surface area contributed by atoms with Crippen molar-refractivity contribution >= 4 is 23.5 Å². The minimum Gasteiger partial charge on any atom is -0.319 e. The van der Waals surface area contributed by atoms with Gasteiger partial charge >= 0.3 is 6.03 Å². The second kappa shape index (κ2) is 6.49. The summed E-state index contributed by atoms with van der Waals surface area (Å²) in [5, 5.41) is 2.48. The molecule has 1 fully saturated rings. The van der Waals surface area contributed by atoms with Crippen molar-refractivity contribution in [2.75, 3.05) is 0 Å². The number of nitrogens with zero attached hydrogens (tertiary/aromatic N) is 1. The summed E-state index contributed by atoms with van der Waals surface area (Å²) in [5.74, 6) is -11.8. The fourth-order valence-electron chi connectivity index (χ4n) is 2.84. The number of nitrogens with one attached hydrogen (secondary N) is 1. The van der Waals surface area contributed by atoms with Crippen LogP contribution in [0, 0.1) is 29.1 Å². The Bertz CT molecular complexity index is 955. The van der Waals surface area contributed by atoms with E-state index in [2.05, 4.69) is 5.32 Å². The van der Waals surface area contributed by atoms with Crippen LogP contribution < -0.4 is 5.32 Å². The van der Waals surface area contributed by atoms with Crippen LogP contribution in [0.4, 0.5) is 26.7 Å². The largest absolute Gasteiger partial charge is 0.325 e. The first-order chi connectivity index (χ1) is 12.6. The Morgan fingerprint density at radius 3 is 2.04 bits per heavy atom. The van der Waals surface area contributed by atoms with Gasteiger partial charge in [0.05, 0.1) is 6.54 Å². The van der Waals surface area contributed by atoms with E-state index in [1.165, 1.54) is 19.1 Å². The van der Waals surface area contributed by atoms with E-state index in [0.29, 0.717) is 4.90 Å². The van der Waals surface area contributed by atoms with E-state index in [4.69, 9.17) is 11.6 Å². The summed E-state index contributed by atoms with van der Waals surface area (Å²) in [5.41, 5.74) is -2.75. The third kappa shape index (κ3) is 2.82. The molecular weight excluding hydrogens is 395 g/mol. The molecule has 2 aromatic rings. The summed E-state index contributed by atoms with van der Waals surface area (Å²) >= 11 is 6.04. The minimum absolute atomic E-state index is 0.145. The maximum Gasteiger partial charge on any atom is 0.325 e. The number of hydrogen-bond donors (Lipinski definition) is 1. The van der Waals surface area contributed by atoms with Crippen LogP contribution in [0.3, 0.4) is 0 Å². The van der Waals surface area contributed by atoms with Crippen molar-refractivity contribution in [3.05, 3.63) is 69.5 Å². The summed E-state index contributed by atoms with van der Waals surface area (Å²) in [6.07, 6.45) is 0. The number of urea groups is 1. The summed E-state index contributed by atoms with van der Waals surface area (Å²) in [6, 6.07) is 5.00. The number of imide groups is 1. The molecule has 1 aliphatic rings. The highest BCUT2D eigenvalue weighted by Gasteiger charge is 2.50. The van der Waals surface area contributed by atoms with Crippen molar-refractivity contribution in [2.24, 2.45) is 0 Å². The van der Waals surface area contributed by atoms with Crippen LogP contribution in [0.5, 0.6) is 0 Å². The van der Waals surface area contributed by atoms with Crippen LogP contribution in [0.2, 0.25) is 5.02 Å². The van der Waals surface area contributed by atoms with Crippen molar-refractivity contribution in [1.82, 2.24) is 10.2 Å². The molecule has 3 amide bonds. The Morgan fingerprint density at radius 1 is 0.963 bits per heavy atom. The maximum atomic E-state index is 13.9. The van der Waals surface area contributed by atoms with E-state index in [1.807, 2.05) is 0 Å². The molecule has 2 aromatic carbocycles.